The third-order valence-corrected chi connectivity index (χ3v) is 4.10. The van der Waals surface area contributed by atoms with Gasteiger partial charge in [0.05, 0.1) is 5.69 Å². The molecular weight excluding hydrogens is 288 g/mol. The first-order chi connectivity index (χ1) is 11.2. The second kappa shape index (κ2) is 6.73. The summed E-state index contributed by atoms with van der Waals surface area (Å²) in [5.41, 5.74) is 8.19. The zero-order valence-electron chi connectivity index (χ0n) is 13.4. The average molecular weight is 310 g/mol. The first-order valence-corrected chi connectivity index (χ1v) is 8.13. The molecule has 1 amide bonds. The highest BCUT2D eigenvalue weighted by Crippen LogP contribution is 2.40. The Morgan fingerprint density at radius 1 is 1.13 bits per heavy atom. The summed E-state index contributed by atoms with van der Waals surface area (Å²) in [4.78, 5) is 14.8. The van der Waals surface area contributed by atoms with Gasteiger partial charge in [0.1, 0.15) is 5.75 Å². The van der Waals surface area contributed by atoms with Crippen molar-refractivity contribution in [3.63, 3.8) is 0 Å². The van der Waals surface area contributed by atoms with Crippen LogP contribution in [0.2, 0.25) is 0 Å². The summed E-state index contributed by atoms with van der Waals surface area (Å²) < 4.78 is 5.98. The highest BCUT2D eigenvalue weighted by atomic mass is 16.5. The van der Waals surface area contributed by atoms with Gasteiger partial charge in [-0.2, -0.15) is 0 Å². The van der Waals surface area contributed by atoms with Gasteiger partial charge in [-0.25, -0.2) is 0 Å². The van der Waals surface area contributed by atoms with Crippen LogP contribution in [0, 0.1) is 0 Å². The van der Waals surface area contributed by atoms with Crippen LogP contribution in [-0.2, 0) is 4.79 Å². The summed E-state index contributed by atoms with van der Waals surface area (Å²) in [6.45, 7) is 2.84. The smallest absolute Gasteiger partial charge is 0.272 e. The molecule has 2 aromatic carbocycles. The lowest BCUT2D eigenvalue weighted by Crippen LogP contribution is -2.41. The zero-order valence-corrected chi connectivity index (χ0v) is 13.4. The number of nitrogen functional groups attached to an aromatic ring is 1. The van der Waals surface area contributed by atoms with Crippen molar-refractivity contribution >= 4 is 17.3 Å². The van der Waals surface area contributed by atoms with Gasteiger partial charge in [0.2, 0.25) is 6.10 Å². The molecule has 0 saturated heterocycles. The van der Waals surface area contributed by atoms with Crippen molar-refractivity contribution in [1.29, 1.82) is 0 Å². The molecule has 1 atom stereocenters. The van der Waals surface area contributed by atoms with Gasteiger partial charge in [-0.3, -0.25) is 4.79 Å². The topological polar surface area (TPSA) is 55.6 Å². The Morgan fingerprint density at radius 3 is 2.65 bits per heavy atom. The second-order valence-electron chi connectivity index (χ2n) is 5.83. The van der Waals surface area contributed by atoms with Gasteiger partial charge < -0.3 is 15.4 Å². The van der Waals surface area contributed by atoms with E-state index in [1.807, 2.05) is 47.4 Å². The van der Waals surface area contributed by atoms with Crippen LogP contribution in [0.1, 0.15) is 37.9 Å². The summed E-state index contributed by atoms with van der Waals surface area (Å²) in [7, 11) is 0. The molecule has 1 unspecified atom stereocenters. The number of rotatable bonds is 5. The van der Waals surface area contributed by atoms with E-state index in [0.29, 0.717) is 18.0 Å². The zero-order chi connectivity index (χ0) is 16.2. The van der Waals surface area contributed by atoms with Gasteiger partial charge in [0, 0.05) is 17.8 Å². The molecule has 2 aromatic rings. The van der Waals surface area contributed by atoms with Crippen molar-refractivity contribution in [1.82, 2.24) is 0 Å². The number of benzene rings is 2. The van der Waals surface area contributed by atoms with E-state index in [2.05, 4.69) is 6.92 Å². The predicted octanol–water partition coefficient (Wildman–Crippen LogP) is 3.93. The maximum absolute atomic E-state index is 13.0. The molecule has 120 valence electrons. The minimum absolute atomic E-state index is 0.0228. The number of anilines is 2. The Kier molecular flexibility index (Phi) is 4.51. The molecule has 0 saturated carbocycles. The van der Waals surface area contributed by atoms with Crippen molar-refractivity contribution in [3.05, 3.63) is 54.1 Å². The Labute approximate surface area is 136 Å². The number of unbranched alkanes of at least 4 members (excludes halogenated alkanes) is 2. The molecule has 4 heteroatoms. The Balaban J connectivity index is 1.95. The van der Waals surface area contributed by atoms with Gasteiger partial charge >= 0.3 is 0 Å². The summed E-state index contributed by atoms with van der Waals surface area (Å²) in [6.07, 6.45) is 2.59. The van der Waals surface area contributed by atoms with Crippen molar-refractivity contribution in [3.8, 4) is 5.75 Å². The molecule has 0 radical (unpaired) electrons. The Hall–Kier alpha value is -2.49. The minimum Gasteiger partial charge on any atom is -0.474 e. The highest BCUT2D eigenvalue weighted by Gasteiger charge is 2.35. The van der Waals surface area contributed by atoms with Crippen molar-refractivity contribution < 1.29 is 9.53 Å². The Morgan fingerprint density at radius 2 is 1.91 bits per heavy atom. The quantitative estimate of drug-likeness (QED) is 0.672. The number of nitrogens with zero attached hydrogens (tertiary/aromatic N) is 1. The molecule has 23 heavy (non-hydrogen) atoms. The number of hydrogen-bond acceptors (Lipinski definition) is 3. The van der Waals surface area contributed by atoms with Crippen LogP contribution in [0.25, 0.3) is 0 Å². The first kappa shape index (κ1) is 15.4. The van der Waals surface area contributed by atoms with Gasteiger partial charge in [0.15, 0.2) is 0 Å². The predicted molar refractivity (Wildman–Crippen MR) is 92.5 cm³/mol. The molecule has 4 nitrogen and oxygen atoms in total. The maximum atomic E-state index is 13.0. The van der Waals surface area contributed by atoms with Gasteiger partial charge in [-0.1, -0.05) is 50.1 Å². The fourth-order valence-corrected chi connectivity index (χ4v) is 2.87. The second-order valence-corrected chi connectivity index (χ2v) is 5.83. The third-order valence-electron chi connectivity index (χ3n) is 4.10. The molecule has 1 aliphatic rings. The summed E-state index contributed by atoms with van der Waals surface area (Å²) in [6, 6.07) is 15.1. The number of hydrogen-bond donors (Lipinski definition) is 1. The number of fused-ring (bicyclic) bond motifs is 1. The van der Waals surface area contributed by atoms with E-state index in [1.165, 1.54) is 0 Å². The Bertz CT molecular complexity index is 685. The van der Waals surface area contributed by atoms with Crippen molar-refractivity contribution in [2.45, 2.75) is 32.3 Å². The first-order valence-electron chi connectivity index (χ1n) is 8.13. The highest BCUT2D eigenvalue weighted by molar-refractivity contribution is 6.01. The van der Waals surface area contributed by atoms with Crippen LogP contribution in [0.4, 0.5) is 11.4 Å². The van der Waals surface area contributed by atoms with Crippen LogP contribution >= 0.6 is 0 Å². The summed E-state index contributed by atoms with van der Waals surface area (Å²) >= 11 is 0. The minimum atomic E-state index is -0.589. The van der Waals surface area contributed by atoms with E-state index in [9.17, 15) is 4.79 Å². The van der Waals surface area contributed by atoms with Crippen LogP contribution in [0.15, 0.2) is 48.5 Å². The van der Waals surface area contributed by atoms with Crippen LogP contribution in [0.3, 0.4) is 0 Å². The summed E-state index contributed by atoms with van der Waals surface area (Å²) in [5, 5.41) is 0. The van der Waals surface area contributed by atoms with Crippen molar-refractivity contribution in [2.75, 3.05) is 17.2 Å². The molecule has 0 aliphatic carbocycles. The molecule has 1 aliphatic heterocycles. The monoisotopic (exact) mass is 310 g/mol. The van der Waals surface area contributed by atoms with E-state index in [4.69, 9.17) is 10.5 Å². The average Bonchev–Trinajstić information content (AvgIpc) is 2.57. The van der Waals surface area contributed by atoms with Crippen LogP contribution in [0.5, 0.6) is 5.75 Å². The number of nitrogens with two attached hydrogens (primary N) is 1. The van der Waals surface area contributed by atoms with Crippen LogP contribution in [-0.4, -0.2) is 12.5 Å². The molecule has 0 bridgehead atoms. The number of ether oxygens (including phenoxy) is 1. The number of carbonyl (C=O) groups excluding carboxylic acids is 1. The normalized spacial score (nSPS) is 16.8. The van der Waals surface area contributed by atoms with Gasteiger partial charge in [0.25, 0.3) is 5.91 Å². The summed E-state index contributed by atoms with van der Waals surface area (Å²) in [5.74, 6) is 0.689. The van der Waals surface area contributed by atoms with Crippen LogP contribution < -0.4 is 15.4 Å². The molecule has 0 aromatic heterocycles. The lowest BCUT2D eigenvalue weighted by atomic mass is 10.0. The number of amides is 1. The van der Waals surface area contributed by atoms with Gasteiger partial charge in [-0.15, -0.1) is 0 Å². The SMILES string of the molecule is CCCCCN1C(=O)C(c2ccccc2)Oc2ccc(N)cc21. The molecule has 1 heterocycles. The van der Waals surface area contributed by atoms with E-state index in [-0.39, 0.29) is 5.91 Å². The fourth-order valence-electron chi connectivity index (χ4n) is 2.87. The van der Waals surface area contributed by atoms with Gasteiger partial charge in [-0.05, 0) is 24.6 Å². The standard InChI is InChI=1S/C19H22N2O2/c1-2-3-7-12-21-16-13-15(20)10-11-17(16)23-18(19(21)22)14-8-5-4-6-9-14/h4-6,8-11,13,18H,2-3,7,12,20H2,1H3. The molecular formula is C19H22N2O2. The maximum Gasteiger partial charge on any atom is 0.272 e. The molecule has 0 fully saturated rings. The lowest BCUT2D eigenvalue weighted by molar-refractivity contribution is -0.126. The fraction of sp³-hybridized carbons (Fsp3) is 0.316. The number of carbonyl (C=O) groups is 1. The lowest BCUT2D eigenvalue weighted by Gasteiger charge is -2.34. The molecule has 0 spiro atoms. The van der Waals surface area contributed by atoms with E-state index < -0.39 is 6.10 Å². The van der Waals surface area contributed by atoms with Crippen molar-refractivity contribution in [2.24, 2.45) is 0 Å². The largest absolute Gasteiger partial charge is 0.474 e. The molecule has 2 N–H and O–H groups in total. The molecule has 3 rings (SSSR count). The third kappa shape index (κ3) is 3.16. The van der Waals surface area contributed by atoms with E-state index >= 15 is 0 Å². The van der Waals surface area contributed by atoms with E-state index in [0.717, 1.165) is 30.5 Å². The van der Waals surface area contributed by atoms with E-state index in [1.54, 1.807) is 6.07 Å².